The van der Waals surface area contributed by atoms with Crippen molar-refractivity contribution in [3.63, 3.8) is 0 Å². The average Bonchev–Trinajstić information content (AvgIpc) is 2.10. The van der Waals surface area contributed by atoms with Gasteiger partial charge in [0.15, 0.2) is 0 Å². The minimum Gasteiger partial charge on any atom is -0.481 e. The van der Waals surface area contributed by atoms with Gasteiger partial charge in [0, 0.05) is 82.0 Å². The van der Waals surface area contributed by atoms with Crippen LogP contribution in [-0.2, 0) is 60.0 Å². The van der Waals surface area contributed by atoms with Crippen LogP contribution in [0.15, 0.2) is 118 Å². The van der Waals surface area contributed by atoms with Crippen molar-refractivity contribution in [3.05, 3.63) is 163 Å². The smallest absolute Gasteiger partial charge is 0.303 e. The molecule has 0 unspecified atom stereocenters. The SMILES string of the molecule is O=C(O)CCC1(CCC(=O)O)c2cc(Br)ccc2-c2cc3c(cc21)-c1ccc(Br)cc1C3(CCC(=O)O)CCC(=O)O.O=C(O)CCC1(CCC(=O)O)c2ccccc2-c2cc3c(cc21)-c1ccccc1C3(CCC(=O)O)CCC(=O)O. The van der Waals surface area contributed by atoms with Gasteiger partial charge in [-0.3, -0.25) is 38.4 Å². The first-order valence-electron chi connectivity index (χ1n) is 26.9. The van der Waals surface area contributed by atoms with E-state index in [9.17, 15) is 79.2 Å². The molecule has 0 saturated carbocycles. The van der Waals surface area contributed by atoms with E-state index in [1.807, 2.05) is 109 Å². The zero-order valence-corrected chi connectivity index (χ0v) is 47.5. The lowest BCUT2D eigenvalue weighted by molar-refractivity contribution is -0.139. The molecule has 16 nitrogen and oxygen atoms in total. The van der Waals surface area contributed by atoms with Gasteiger partial charge in [-0.25, -0.2) is 0 Å². The van der Waals surface area contributed by atoms with E-state index in [4.69, 9.17) is 0 Å². The molecule has 4 aliphatic carbocycles. The minimum atomic E-state index is -0.979. The summed E-state index contributed by atoms with van der Waals surface area (Å²) in [6, 6.07) is 34.8. The molecule has 0 aromatic heterocycles. The summed E-state index contributed by atoms with van der Waals surface area (Å²) in [7, 11) is 0. The van der Waals surface area contributed by atoms with Gasteiger partial charge in [0.25, 0.3) is 0 Å². The van der Waals surface area contributed by atoms with Gasteiger partial charge in [0.1, 0.15) is 0 Å². The number of rotatable bonds is 24. The maximum atomic E-state index is 11.8. The summed E-state index contributed by atoms with van der Waals surface area (Å²) in [5.74, 6) is -7.77. The Bertz CT molecular complexity index is 3350. The summed E-state index contributed by atoms with van der Waals surface area (Å²) in [5.41, 5.74) is 10.2. The molecule has 0 saturated heterocycles. The van der Waals surface area contributed by atoms with Gasteiger partial charge >= 0.3 is 47.8 Å². The number of carboxylic acids is 8. The van der Waals surface area contributed by atoms with Crippen LogP contribution >= 0.6 is 31.9 Å². The second-order valence-corrected chi connectivity index (χ2v) is 23.7. The lowest BCUT2D eigenvalue weighted by Crippen LogP contribution is -2.29. The first-order valence-corrected chi connectivity index (χ1v) is 28.5. The van der Waals surface area contributed by atoms with Crippen LogP contribution in [0.5, 0.6) is 0 Å². The average molecular weight is 1240 g/mol. The highest BCUT2D eigenvalue weighted by Crippen LogP contribution is 2.63. The lowest BCUT2D eigenvalue weighted by Gasteiger charge is -2.33. The molecule has 0 atom stereocenters. The van der Waals surface area contributed by atoms with Crippen LogP contribution in [0.2, 0.25) is 0 Å². The van der Waals surface area contributed by atoms with Crippen molar-refractivity contribution in [3.8, 4) is 44.5 Å². The Labute approximate surface area is 487 Å². The summed E-state index contributed by atoms with van der Waals surface area (Å²) in [6.45, 7) is 0. The predicted octanol–water partition coefficient (Wildman–Crippen LogP) is 12.9. The number of fused-ring (bicyclic) bond motifs is 12. The summed E-state index contributed by atoms with van der Waals surface area (Å²) in [4.78, 5) is 94.2. The predicted molar refractivity (Wildman–Crippen MR) is 308 cm³/mol. The third kappa shape index (κ3) is 10.7. The maximum absolute atomic E-state index is 11.8. The largest absolute Gasteiger partial charge is 0.481 e. The Hall–Kier alpha value is -7.96. The Morgan fingerprint density at radius 1 is 0.256 bits per heavy atom. The summed E-state index contributed by atoms with van der Waals surface area (Å²) in [5, 5.41) is 77.2. The van der Waals surface area contributed by atoms with E-state index in [2.05, 4.69) is 31.9 Å². The third-order valence-electron chi connectivity index (χ3n) is 17.5. The molecule has 0 aliphatic heterocycles. The Balaban J connectivity index is 0.000000198. The Morgan fingerprint density at radius 3 is 0.683 bits per heavy atom. The van der Waals surface area contributed by atoms with Gasteiger partial charge in [0.05, 0.1) is 0 Å². The number of hydrogen-bond donors (Lipinski definition) is 8. The van der Waals surface area contributed by atoms with Crippen molar-refractivity contribution in [1.82, 2.24) is 0 Å². The molecule has 4 aliphatic rings. The quantitative estimate of drug-likeness (QED) is 0.0279. The van der Waals surface area contributed by atoms with E-state index < -0.39 is 69.4 Å². The molecule has 6 aromatic rings. The van der Waals surface area contributed by atoms with Gasteiger partial charge in [-0.2, -0.15) is 0 Å². The van der Waals surface area contributed by atoms with E-state index >= 15 is 0 Å². The van der Waals surface area contributed by atoms with Gasteiger partial charge in [0.2, 0.25) is 0 Å². The monoisotopic (exact) mass is 1240 g/mol. The molecule has 10 rings (SSSR count). The number of hydrogen-bond acceptors (Lipinski definition) is 8. The van der Waals surface area contributed by atoms with Gasteiger partial charge in [-0.15, -0.1) is 0 Å². The maximum Gasteiger partial charge on any atom is 0.303 e. The molecule has 424 valence electrons. The van der Waals surface area contributed by atoms with Crippen molar-refractivity contribution < 1.29 is 79.2 Å². The zero-order valence-electron chi connectivity index (χ0n) is 44.3. The fourth-order valence-corrected chi connectivity index (χ4v) is 14.8. The van der Waals surface area contributed by atoms with Crippen LogP contribution < -0.4 is 0 Å². The zero-order chi connectivity index (χ0) is 59.1. The van der Waals surface area contributed by atoms with Gasteiger partial charge in [-0.05, 0) is 189 Å². The molecule has 8 N–H and O–H groups in total. The Kier molecular flexibility index (Phi) is 16.5. The molecule has 6 aromatic carbocycles. The summed E-state index contributed by atoms with van der Waals surface area (Å²) >= 11 is 7.08. The molecule has 0 bridgehead atoms. The van der Waals surface area contributed by atoms with Crippen molar-refractivity contribution in [2.45, 2.75) is 124 Å². The minimum absolute atomic E-state index is 0.137. The molecule has 0 amide bonds. The highest BCUT2D eigenvalue weighted by Gasteiger charge is 2.51. The van der Waals surface area contributed by atoms with E-state index in [0.29, 0.717) is 0 Å². The number of halogens is 2. The van der Waals surface area contributed by atoms with Crippen LogP contribution in [0.25, 0.3) is 44.5 Å². The first-order chi connectivity index (χ1) is 39.0. The van der Waals surface area contributed by atoms with Crippen LogP contribution in [0.3, 0.4) is 0 Å². The van der Waals surface area contributed by atoms with Crippen molar-refractivity contribution in [1.29, 1.82) is 0 Å². The van der Waals surface area contributed by atoms with E-state index in [1.54, 1.807) is 0 Å². The van der Waals surface area contributed by atoms with Crippen molar-refractivity contribution in [2.75, 3.05) is 0 Å². The molecule has 82 heavy (non-hydrogen) atoms. The first kappa shape index (κ1) is 58.7. The number of carboxylic acid groups (broad SMARTS) is 8. The highest BCUT2D eigenvalue weighted by atomic mass is 79.9. The van der Waals surface area contributed by atoms with E-state index in [-0.39, 0.29) is 103 Å². The molecule has 0 heterocycles. The topological polar surface area (TPSA) is 298 Å². The van der Waals surface area contributed by atoms with Crippen LogP contribution in [0, 0.1) is 0 Å². The normalized spacial score (nSPS) is 15.0. The molecule has 0 radical (unpaired) electrons. The lowest BCUT2D eigenvalue weighted by atomic mass is 9.69. The Morgan fingerprint density at radius 2 is 0.451 bits per heavy atom. The summed E-state index contributed by atoms with van der Waals surface area (Å²) < 4.78 is 1.56. The standard InChI is InChI=1S/C32H28Br2O8.C32H30O8/c33-17-1-3-19-21-15-26-22(16-25(21)31(23(19)13-17,9-5-27(35)36)10-6-28(37)38)20-4-2-18(34)14-24(20)32(26,11-7-29(39)40)12-8-30(41)42;33-27(34)9-13-31(14-10-28(35)36)23-7-3-1-5-19(23)21-17-26-22(18-25(21)31)20-6-2-4-8-24(20)32(26,15-11-29(37)38)16-12-30(39)40/h1-4,13-16H,5-12H2,(H,35,36)(H,37,38)(H,39,40)(H,41,42);1-8,17-18H,9-16H2,(H,33,34)(H,35,36)(H,37,38)(H,39,40). The second-order valence-electron chi connectivity index (χ2n) is 21.8. The number of aliphatic carboxylic acids is 8. The molecular formula is C64H58Br2O16. The number of carbonyl (C=O) groups is 8. The second kappa shape index (κ2) is 23.1. The fourth-order valence-electron chi connectivity index (χ4n) is 14.0. The van der Waals surface area contributed by atoms with Crippen molar-refractivity contribution >= 4 is 79.6 Å². The van der Waals surface area contributed by atoms with Gasteiger partial charge in [-0.1, -0.05) is 92.5 Å². The molecule has 0 fully saturated rings. The molecule has 0 spiro atoms. The molecular weight excluding hydrogens is 1180 g/mol. The van der Waals surface area contributed by atoms with Crippen LogP contribution in [0.1, 0.15) is 147 Å². The highest BCUT2D eigenvalue weighted by molar-refractivity contribution is 9.10. The number of benzene rings is 6. The van der Waals surface area contributed by atoms with Crippen LogP contribution in [-0.4, -0.2) is 88.6 Å². The van der Waals surface area contributed by atoms with Crippen molar-refractivity contribution in [2.24, 2.45) is 0 Å². The molecule has 18 heteroatoms. The van der Waals surface area contributed by atoms with Gasteiger partial charge < -0.3 is 40.9 Å². The van der Waals surface area contributed by atoms with E-state index in [1.165, 1.54) is 0 Å². The van der Waals surface area contributed by atoms with E-state index in [0.717, 1.165) is 98.0 Å². The summed E-state index contributed by atoms with van der Waals surface area (Å²) in [6.07, 6.45) is 0.498. The third-order valence-corrected chi connectivity index (χ3v) is 18.5. The van der Waals surface area contributed by atoms with Crippen LogP contribution in [0.4, 0.5) is 0 Å². The fraction of sp³-hybridized carbons (Fsp3) is 0.312.